The third-order valence-electron chi connectivity index (χ3n) is 2.56. The first-order chi connectivity index (χ1) is 8.24. The third kappa shape index (κ3) is 2.48. The molecule has 1 aromatic carbocycles. The summed E-state index contributed by atoms with van der Waals surface area (Å²) >= 11 is 6.06. The highest BCUT2D eigenvalue weighted by molar-refractivity contribution is 6.31. The molecule has 2 aromatic rings. The summed E-state index contributed by atoms with van der Waals surface area (Å²) in [5.41, 5.74) is 1.34. The lowest BCUT2D eigenvalue weighted by atomic mass is 10.1. The second-order valence-electron chi connectivity index (χ2n) is 3.81. The van der Waals surface area contributed by atoms with Crippen LogP contribution < -0.4 is 0 Å². The van der Waals surface area contributed by atoms with E-state index in [1.165, 1.54) is 0 Å². The summed E-state index contributed by atoms with van der Waals surface area (Å²) in [5.74, 6) is 0. The van der Waals surface area contributed by atoms with Crippen LogP contribution in [0.4, 0.5) is 0 Å². The Kier molecular flexibility index (Phi) is 3.76. The molecule has 1 unspecified atom stereocenters. The molecule has 0 amide bonds. The predicted molar refractivity (Wildman–Crippen MR) is 65.8 cm³/mol. The van der Waals surface area contributed by atoms with Crippen molar-refractivity contribution in [3.8, 4) is 0 Å². The standard InChI is InChI=1S/C12H14ClN3O/c1-2-7-16-11(8-14-15-16)12(17)9-5-3-4-6-10(9)13/h3-6,8,12,17H,2,7H2,1H3. The van der Waals surface area contributed by atoms with Crippen LogP contribution in [0.1, 0.15) is 30.7 Å². The highest BCUT2D eigenvalue weighted by Gasteiger charge is 2.18. The molecule has 0 spiro atoms. The zero-order valence-corrected chi connectivity index (χ0v) is 10.3. The van der Waals surface area contributed by atoms with Gasteiger partial charge in [0.25, 0.3) is 0 Å². The van der Waals surface area contributed by atoms with Gasteiger partial charge in [-0.3, -0.25) is 0 Å². The molecule has 1 atom stereocenters. The number of hydrogen-bond acceptors (Lipinski definition) is 3. The van der Waals surface area contributed by atoms with Crippen molar-refractivity contribution in [1.29, 1.82) is 0 Å². The molecule has 0 aliphatic rings. The molecule has 1 aromatic heterocycles. The zero-order chi connectivity index (χ0) is 12.3. The lowest BCUT2D eigenvalue weighted by Gasteiger charge is -2.13. The van der Waals surface area contributed by atoms with Crippen LogP contribution >= 0.6 is 11.6 Å². The average molecular weight is 252 g/mol. The van der Waals surface area contributed by atoms with E-state index in [9.17, 15) is 5.11 Å². The molecule has 0 bridgehead atoms. The van der Waals surface area contributed by atoms with Crippen LogP contribution in [-0.2, 0) is 6.54 Å². The number of aliphatic hydroxyl groups excluding tert-OH is 1. The zero-order valence-electron chi connectivity index (χ0n) is 9.55. The average Bonchev–Trinajstić information content (AvgIpc) is 2.78. The highest BCUT2D eigenvalue weighted by atomic mass is 35.5. The van der Waals surface area contributed by atoms with Gasteiger partial charge in [-0.2, -0.15) is 0 Å². The first-order valence-corrected chi connectivity index (χ1v) is 5.92. The van der Waals surface area contributed by atoms with Gasteiger partial charge in [0.15, 0.2) is 0 Å². The minimum absolute atomic E-state index is 0.546. The minimum Gasteiger partial charge on any atom is -0.382 e. The van der Waals surface area contributed by atoms with E-state index >= 15 is 0 Å². The maximum absolute atomic E-state index is 10.3. The number of benzene rings is 1. The van der Waals surface area contributed by atoms with Gasteiger partial charge in [0.05, 0.1) is 11.9 Å². The van der Waals surface area contributed by atoms with E-state index in [4.69, 9.17) is 11.6 Å². The summed E-state index contributed by atoms with van der Waals surface area (Å²) in [6.45, 7) is 2.78. The molecule has 0 saturated carbocycles. The van der Waals surface area contributed by atoms with Crippen molar-refractivity contribution in [3.63, 3.8) is 0 Å². The fourth-order valence-electron chi connectivity index (χ4n) is 1.72. The Morgan fingerprint density at radius 1 is 1.41 bits per heavy atom. The quantitative estimate of drug-likeness (QED) is 0.908. The molecule has 0 aliphatic carbocycles. The van der Waals surface area contributed by atoms with Crippen LogP contribution in [0.25, 0.3) is 0 Å². The van der Waals surface area contributed by atoms with Gasteiger partial charge in [-0.1, -0.05) is 41.9 Å². The molecule has 0 aliphatic heterocycles. The molecular formula is C12H14ClN3O. The van der Waals surface area contributed by atoms with E-state index in [2.05, 4.69) is 10.3 Å². The molecule has 0 fully saturated rings. The van der Waals surface area contributed by atoms with Gasteiger partial charge in [-0.05, 0) is 12.5 Å². The minimum atomic E-state index is -0.787. The number of aromatic nitrogens is 3. The SMILES string of the molecule is CCCn1nncc1C(O)c1ccccc1Cl. The van der Waals surface area contributed by atoms with Gasteiger partial charge in [0.2, 0.25) is 0 Å². The molecule has 0 radical (unpaired) electrons. The fourth-order valence-corrected chi connectivity index (χ4v) is 1.96. The largest absolute Gasteiger partial charge is 0.382 e. The molecule has 4 nitrogen and oxygen atoms in total. The lowest BCUT2D eigenvalue weighted by molar-refractivity contribution is 0.207. The van der Waals surface area contributed by atoms with Gasteiger partial charge >= 0.3 is 0 Å². The summed E-state index contributed by atoms with van der Waals surface area (Å²) in [6, 6.07) is 7.24. The van der Waals surface area contributed by atoms with Gasteiger partial charge in [0.1, 0.15) is 6.10 Å². The van der Waals surface area contributed by atoms with Crippen molar-refractivity contribution >= 4 is 11.6 Å². The van der Waals surface area contributed by atoms with Gasteiger partial charge in [-0.25, -0.2) is 4.68 Å². The molecule has 2 rings (SSSR count). The Hall–Kier alpha value is -1.39. The summed E-state index contributed by atoms with van der Waals surface area (Å²) < 4.78 is 1.70. The van der Waals surface area contributed by atoms with Crippen molar-refractivity contribution in [2.75, 3.05) is 0 Å². The van der Waals surface area contributed by atoms with E-state index in [0.29, 0.717) is 16.3 Å². The van der Waals surface area contributed by atoms with Crippen LogP contribution in [0.15, 0.2) is 30.5 Å². The number of halogens is 1. The van der Waals surface area contributed by atoms with Crippen LogP contribution in [-0.4, -0.2) is 20.1 Å². The van der Waals surface area contributed by atoms with Crippen molar-refractivity contribution in [3.05, 3.63) is 46.7 Å². The summed E-state index contributed by atoms with van der Waals surface area (Å²) in [4.78, 5) is 0. The van der Waals surface area contributed by atoms with Gasteiger partial charge < -0.3 is 5.11 Å². The molecule has 1 heterocycles. The lowest BCUT2D eigenvalue weighted by Crippen LogP contribution is -2.10. The van der Waals surface area contributed by atoms with Crippen LogP contribution in [0.2, 0.25) is 5.02 Å². The Labute approximate surface area is 105 Å². The fraction of sp³-hybridized carbons (Fsp3) is 0.333. The van der Waals surface area contributed by atoms with Crippen molar-refractivity contribution < 1.29 is 5.11 Å². The van der Waals surface area contributed by atoms with Crippen molar-refractivity contribution in [2.24, 2.45) is 0 Å². The van der Waals surface area contributed by atoms with E-state index in [1.807, 2.05) is 19.1 Å². The summed E-state index contributed by atoms with van der Waals surface area (Å²) in [5, 5.41) is 18.6. The van der Waals surface area contributed by atoms with Crippen molar-refractivity contribution in [1.82, 2.24) is 15.0 Å². The number of rotatable bonds is 4. The van der Waals surface area contributed by atoms with Gasteiger partial charge in [-0.15, -0.1) is 5.10 Å². The van der Waals surface area contributed by atoms with Crippen LogP contribution in [0.5, 0.6) is 0 Å². The van der Waals surface area contributed by atoms with Crippen molar-refractivity contribution in [2.45, 2.75) is 26.0 Å². The molecule has 0 saturated heterocycles. The maximum atomic E-state index is 10.3. The molecule has 17 heavy (non-hydrogen) atoms. The van der Waals surface area contributed by atoms with E-state index in [-0.39, 0.29) is 0 Å². The third-order valence-corrected chi connectivity index (χ3v) is 2.91. The molecule has 90 valence electrons. The molecule has 5 heteroatoms. The summed E-state index contributed by atoms with van der Waals surface area (Å²) in [7, 11) is 0. The van der Waals surface area contributed by atoms with Crippen LogP contribution in [0, 0.1) is 0 Å². The second kappa shape index (κ2) is 5.29. The Bertz CT molecular complexity index is 498. The van der Waals surface area contributed by atoms with E-state index in [0.717, 1.165) is 13.0 Å². The summed E-state index contributed by atoms with van der Waals surface area (Å²) in [6.07, 6.45) is 1.72. The highest BCUT2D eigenvalue weighted by Crippen LogP contribution is 2.27. The number of hydrogen-bond donors (Lipinski definition) is 1. The van der Waals surface area contributed by atoms with E-state index in [1.54, 1.807) is 23.0 Å². The van der Waals surface area contributed by atoms with Gasteiger partial charge in [0, 0.05) is 17.1 Å². The Morgan fingerprint density at radius 3 is 2.88 bits per heavy atom. The normalized spacial score (nSPS) is 12.6. The topological polar surface area (TPSA) is 50.9 Å². The first kappa shape index (κ1) is 12.1. The van der Waals surface area contributed by atoms with E-state index < -0.39 is 6.10 Å². The monoisotopic (exact) mass is 251 g/mol. The Morgan fingerprint density at radius 2 is 2.18 bits per heavy atom. The molecular weight excluding hydrogens is 238 g/mol. The second-order valence-corrected chi connectivity index (χ2v) is 4.21. The maximum Gasteiger partial charge on any atom is 0.124 e. The predicted octanol–water partition coefficient (Wildman–Crippen LogP) is 2.42. The smallest absolute Gasteiger partial charge is 0.124 e. The molecule has 1 N–H and O–H groups in total. The Balaban J connectivity index is 2.34. The van der Waals surface area contributed by atoms with Crippen LogP contribution in [0.3, 0.4) is 0 Å². The number of aliphatic hydroxyl groups is 1. The first-order valence-electron chi connectivity index (χ1n) is 5.55. The number of nitrogens with zero attached hydrogens (tertiary/aromatic N) is 3. The number of aryl methyl sites for hydroxylation is 1.